The molecule has 0 atom stereocenters. The van der Waals surface area contributed by atoms with E-state index in [1.165, 1.54) is 0 Å². The second-order valence-corrected chi connectivity index (χ2v) is 2.80. The van der Waals surface area contributed by atoms with Crippen LogP contribution in [0, 0.1) is 0 Å². The van der Waals surface area contributed by atoms with E-state index in [1.807, 2.05) is 37.3 Å². The number of rotatable bonds is 4. The molecule has 0 N–H and O–H groups in total. The summed E-state index contributed by atoms with van der Waals surface area (Å²) in [7, 11) is 0. The van der Waals surface area contributed by atoms with Crippen LogP contribution in [0.1, 0.15) is 19.4 Å². The minimum absolute atomic E-state index is 0.477. The van der Waals surface area contributed by atoms with Crippen molar-refractivity contribution < 1.29 is 9.57 Å². The summed E-state index contributed by atoms with van der Waals surface area (Å²) >= 11 is 0. The third kappa shape index (κ3) is 3.94. The van der Waals surface area contributed by atoms with Crippen molar-refractivity contribution in [2.45, 2.75) is 20.5 Å². The van der Waals surface area contributed by atoms with Gasteiger partial charge in [0, 0.05) is 6.92 Å². The average molecular weight is 193 g/mol. The molecule has 3 nitrogen and oxygen atoms in total. The maximum Gasteiger partial charge on any atom is 0.222 e. The van der Waals surface area contributed by atoms with Gasteiger partial charge in [0.05, 0.1) is 6.61 Å². The van der Waals surface area contributed by atoms with Gasteiger partial charge in [-0.15, -0.1) is 0 Å². The number of benzene rings is 1. The highest BCUT2D eigenvalue weighted by molar-refractivity contribution is 5.72. The molecule has 1 aromatic carbocycles. The van der Waals surface area contributed by atoms with Crippen LogP contribution >= 0.6 is 0 Å². The average Bonchev–Trinajstić information content (AvgIpc) is 2.20. The number of ether oxygens (including phenoxy) is 1. The Morgan fingerprint density at radius 3 is 2.64 bits per heavy atom. The molecule has 0 bridgehead atoms. The molecule has 0 saturated heterocycles. The van der Waals surface area contributed by atoms with Gasteiger partial charge in [0.25, 0.3) is 0 Å². The highest BCUT2D eigenvalue weighted by Crippen LogP contribution is 2.00. The fraction of sp³-hybridized carbons (Fsp3) is 0.364. The summed E-state index contributed by atoms with van der Waals surface area (Å²) in [6.07, 6.45) is 0. The zero-order valence-corrected chi connectivity index (χ0v) is 8.56. The van der Waals surface area contributed by atoms with E-state index in [9.17, 15) is 0 Å². The number of nitrogens with zero attached hydrogens (tertiary/aromatic N) is 1. The Balaban J connectivity index is 2.31. The summed E-state index contributed by atoms with van der Waals surface area (Å²) in [4.78, 5) is 5.10. The van der Waals surface area contributed by atoms with Crippen molar-refractivity contribution in [3.63, 3.8) is 0 Å². The Morgan fingerprint density at radius 2 is 2.00 bits per heavy atom. The van der Waals surface area contributed by atoms with Crippen molar-refractivity contribution in [3.8, 4) is 0 Å². The first kappa shape index (κ1) is 10.6. The van der Waals surface area contributed by atoms with Crippen LogP contribution in [-0.2, 0) is 16.2 Å². The van der Waals surface area contributed by atoms with Gasteiger partial charge in [-0.3, -0.25) is 0 Å². The molecule has 0 heterocycles. The second kappa shape index (κ2) is 6.02. The maximum absolute atomic E-state index is 5.10. The van der Waals surface area contributed by atoms with Gasteiger partial charge in [0.2, 0.25) is 5.90 Å². The number of hydrogen-bond donors (Lipinski definition) is 0. The Morgan fingerprint density at radius 1 is 1.29 bits per heavy atom. The smallest absolute Gasteiger partial charge is 0.222 e. The van der Waals surface area contributed by atoms with E-state index in [4.69, 9.17) is 9.57 Å². The normalized spacial score (nSPS) is 11.1. The van der Waals surface area contributed by atoms with Crippen LogP contribution in [0.3, 0.4) is 0 Å². The topological polar surface area (TPSA) is 30.8 Å². The van der Waals surface area contributed by atoms with Gasteiger partial charge < -0.3 is 9.57 Å². The molecular weight excluding hydrogens is 178 g/mol. The Labute approximate surface area is 84.3 Å². The zero-order valence-electron chi connectivity index (χ0n) is 8.56. The van der Waals surface area contributed by atoms with Crippen molar-refractivity contribution in [1.82, 2.24) is 0 Å². The molecular formula is C11H15NO2. The molecule has 3 heteroatoms. The maximum atomic E-state index is 5.10. The van der Waals surface area contributed by atoms with Crippen LogP contribution in [0.2, 0.25) is 0 Å². The van der Waals surface area contributed by atoms with Crippen LogP contribution in [0.25, 0.3) is 0 Å². The van der Waals surface area contributed by atoms with E-state index < -0.39 is 0 Å². The summed E-state index contributed by atoms with van der Waals surface area (Å²) in [5.74, 6) is 0.559. The van der Waals surface area contributed by atoms with Crippen molar-refractivity contribution in [2.24, 2.45) is 5.16 Å². The molecule has 0 aliphatic heterocycles. The lowest BCUT2D eigenvalue weighted by molar-refractivity contribution is 0.119. The molecule has 0 aliphatic rings. The van der Waals surface area contributed by atoms with Gasteiger partial charge in [0.15, 0.2) is 0 Å². The number of hydrogen-bond acceptors (Lipinski definition) is 3. The Kier molecular flexibility index (Phi) is 4.55. The lowest BCUT2D eigenvalue weighted by Crippen LogP contribution is -1.99. The van der Waals surface area contributed by atoms with Gasteiger partial charge in [-0.25, -0.2) is 0 Å². The van der Waals surface area contributed by atoms with Crippen LogP contribution in [-0.4, -0.2) is 12.5 Å². The van der Waals surface area contributed by atoms with Gasteiger partial charge >= 0.3 is 0 Å². The standard InChI is InChI=1S/C11H15NO2/c1-3-13-10(2)12-14-9-11-7-5-4-6-8-11/h4-8H,3,9H2,1-2H3/b12-10+. The molecule has 0 aliphatic carbocycles. The molecule has 76 valence electrons. The molecule has 0 fully saturated rings. The molecule has 0 amide bonds. The largest absolute Gasteiger partial charge is 0.479 e. The van der Waals surface area contributed by atoms with Crippen LogP contribution < -0.4 is 0 Å². The number of oxime groups is 1. The van der Waals surface area contributed by atoms with E-state index in [-0.39, 0.29) is 0 Å². The summed E-state index contributed by atoms with van der Waals surface area (Å²) in [5, 5.41) is 3.80. The fourth-order valence-corrected chi connectivity index (χ4v) is 1.01. The van der Waals surface area contributed by atoms with E-state index in [0.717, 1.165) is 5.56 Å². The van der Waals surface area contributed by atoms with Gasteiger partial charge in [-0.05, 0) is 12.5 Å². The van der Waals surface area contributed by atoms with E-state index in [0.29, 0.717) is 19.1 Å². The lowest BCUT2D eigenvalue weighted by Gasteiger charge is -2.02. The summed E-state index contributed by atoms with van der Waals surface area (Å²) in [6, 6.07) is 9.89. The predicted molar refractivity (Wildman–Crippen MR) is 56.0 cm³/mol. The quantitative estimate of drug-likeness (QED) is 0.418. The summed E-state index contributed by atoms with van der Waals surface area (Å²) in [6.45, 7) is 4.78. The Hall–Kier alpha value is -1.51. The minimum atomic E-state index is 0.477. The van der Waals surface area contributed by atoms with Gasteiger partial charge in [-0.1, -0.05) is 35.5 Å². The van der Waals surface area contributed by atoms with Crippen molar-refractivity contribution in [3.05, 3.63) is 35.9 Å². The van der Waals surface area contributed by atoms with E-state index in [1.54, 1.807) is 6.92 Å². The lowest BCUT2D eigenvalue weighted by atomic mass is 10.2. The SMILES string of the molecule is CCO/C(C)=N/OCc1ccccc1. The molecule has 0 radical (unpaired) electrons. The first-order valence-electron chi connectivity index (χ1n) is 4.66. The second-order valence-electron chi connectivity index (χ2n) is 2.80. The highest BCUT2D eigenvalue weighted by Gasteiger charge is 1.92. The molecule has 0 saturated carbocycles. The zero-order chi connectivity index (χ0) is 10.2. The minimum Gasteiger partial charge on any atom is -0.479 e. The fourth-order valence-electron chi connectivity index (χ4n) is 1.01. The predicted octanol–water partition coefficient (Wildman–Crippen LogP) is 2.57. The monoisotopic (exact) mass is 193 g/mol. The third-order valence-electron chi connectivity index (χ3n) is 1.62. The first-order valence-corrected chi connectivity index (χ1v) is 4.66. The highest BCUT2D eigenvalue weighted by atomic mass is 16.6. The Bertz CT molecular complexity index is 283. The van der Waals surface area contributed by atoms with Crippen molar-refractivity contribution in [2.75, 3.05) is 6.61 Å². The van der Waals surface area contributed by atoms with Crippen molar-refractivity contribution >= 4 is 5.90 Å². The molecule has 0 spiro atoms. The van der Waals surface area contributed by atoms with Crippen LogP contribution in [0.5, 0.6) is 0 Å². The van der Waals surface area contributed by atoms with Gasteiger partial charge in [0.1, 0.15) is 6.61 Å². The molecule has 1 aromatic rings. The van der Waals surface area contributed by atoms with Crippen LogP contribution in [0.15, 0.2) is 35.5 Å². The van der Waals surface area contributed by atoms with Crippen LogP contribution in [0.4, 0.5) is 0 Å². The molecule has 0 aromatic heterocycles. The molecule has 1 rings (SSSR count). The molecule has 0 unspecified atom stereocenters. The van der Waals surface area contributed by atoms with E-state index >= 15 is 0 Å². The van der Waals surface area contributed by atoms with E-state index in [2.05, 4.69) is 5.16 Å². The molecule has 14 heavy (non-hydrogen) atoms. The summed E-state index contributed by atoms with van der Waals surface area (Å²) < 4.78 is 5.10. The first-order chi connectivity index (χ1) is 6.83. The summed E-state index contributed by atoms with van der Waals surface area (Å²) in [5.41, 5.74) is 1.10. The van der Waals surface area contributed by atoms with Crippen molar-refractivity contribution in [1.29, 1.82) is 0 Å². The third-order valence-corrected chi connectivity index (χ3v) is 1.62. The van der Waals surface area contributed by atoms with Gasteiger partial charge in [-0.2, -0.15) is 0 Å².